The van der Waals surface area contributed by atoms with Crippen molar-refractivity contribution in [2.75, 3.05) is 32.7 Å². The monoisotopic (exact) mass is 334 g/mol. The summed E-state index contributed by atoms with van der Waals surface area (Å²) in [5.74, 6) is 0.153. The molecule has 22 heavy (non-hydrogen) atoms. The molecular formula is C15H31ClN4O2. The average Bonchev–Trinajstić information content (AvgIpc) is 2.45. The van der Waals surface area contributed by atoms with Crippen molar-refractivity contribution >= 4 is 24.3 Å². The normalized spacial score (nSPS) is 15.5. The molecule has 0 aromatic heterocycles. The SMILES string of the molecule is CCCN(CC(=O)NC(=O)NCC(C)C)C1CCNCC1.Cl. The van der Waals surface area contributed by atoms with Crippen molar-refractivity contribution in [2.24, 2.45) is 5.92 Å². The van der Waals surface area contributed by atoms with Crippen molar-refractivity contribution in [2.45, 2.75) is 46.1 Å². The Morgan fingerprint density at radius 1 is 1.27 bits per heavy atom. The van der Waals surface area contributed by atoms with Gasteiger partial charge in [-0.1, -0.05) is 20.8 Å². The first-order chi connectivity index (χ1) is 10.0. The molecule has 0 atom stereocenters. The second kappa shape index (κ2) is 11.7. The molecule has 1 heterocycles. The molecule has 1 fully saturated rings. The van der Waals surface area contributed by atoms with E-state index in [-0.39, 0.29) is 18.3 Å². The number of hydrogen-bond acceptors (Lipinski definition) is 4. The van der Waals surface area contributed by atoms with Crippen molar-refractivity contribution < 1.29 is 9.59 Å². The zero-order chi connectivity index (χ0) is 15.7. The number of halogens is 1. The Labute approximate surface area is 140 Å². The number of carbonyl (C=O) groups excluding carboxylic acids is 2. The molecule has 0 unspecified atom stereocenters. The maximum absolute atomic E-state index is 12.0. The lowest BCUT2D eigenvalue weighted by Gasteiger charge is -2.33. The smallest absolute Gasteiger partial charge is 0.321 e. The van der Waals surface area contributed by atoms with Crippen molar-refractivity contribution in [1.29, 1.82) is 0 Å². The third-order valence-corrected chi connectivity index (χ3v) is 3.61. The van der Waals surface area contributed by atoms with Gasteiger partial charge >= 0.3 is 6.03 Å². The number of imide groups is 1. The highest BCUT2D eigenvalue weighted by molar-refractivity contribution is 5.95. The summed E-state index contributed by atoms with van der Waals surface area (Å²) in [6.07, 6.45) is 3.14. The Bertz CT molecular complexity index is 334. The number of urea groups is 1. The van der Waals surface area contributed by atoms with Crippen LogP contribution in [0.1, 0.15) is 40.0 Å². The summed E-state index contributed by atoms with van der Waals surface area (Å²) in [5, 5.41) is 8.45. The number of rotatable bonds is 7. The van der Waals surface area contributed by atoms with Gasteiger partial charge in [-0.3, -0.25) is 15.0 Å². The van der Waals surface area contributed by atoms with Gasteiger partial charge in [-0.25, -0.2) is 4.79 Å². The molecular weight excluding hydrogens is 304 g/mol. The van der Waals surface area contributed by atoms with Gasteiger partial charge in [0.2, 0.25) is 5.91 Å². The first-order valence-electron chi connectivity index (χ1n) is 8.05. The summed E-state index contributed by atoms with van der Waals surface area (Å²) in [6, 6.07) is 0.0473. The molecule has 6 nitrogen and oxygen atoms in total. The molecule has 0 saturated carbocycles. The summed E-state index contributed by atoms with van der Waals surface area (Å²) in [4.78, 5) is 25.8. The Balaban J connectivity index is 0.00000441. The topological polar surface area (TPSA) is 73.5 Å². The Hall–Kier alpha value is -0.850. The number of nitrogens with zero attached hydrogens (tertiary/aromatic N) is 1. The molecule has 0 aromatic rings. The third-order valence-electron chi connectivity index (χ3n) is 3.61. The third kappa shape index (κ3) is 8.56. The van der Waals surface area contributed by atoms with Crippen LogP contribution in [0.5, 0.6) is 0 Å². The second-order valence-corrected chi connectivity index (χ2v) is 6.10. The van der Waals surface area contributed by atoms with E-state index in [9.17, 15) is 9.59 Å². The number of nitrogens with one attached hydrogen (secondary N) is 3. The molecule has 130 valence electrons. The lowest BCUT2D eigenvalue weighted by molar-refractivity contribution is -0.121. The van der Waals surface area contributed by atoms with Crippen LogP contribution in [0.2, 0.25) is 0 Å². The van der Waals surface area contributed by atoms with E-state index >= 15 is 0 Å². The molecule has 0 aromatic carbocycles. The number of carbonyl (C=O) groups is 2. The molecule has 3 amide bonds. The number of amides is 3. The van der Waals surface area contributed by atoms with Crippen LogP contribution in [-0.2, 0) is 4.79 Å². The predicted octanol–water partition coefficient (Wildman–Crippen LogP) is 1.35. The van der Waals surface area contributed by atoms with E-state index in [0.717, 1.165) is 38.9 Å². The molecule has 0 aliphatic carbocycles. The van der Waals surface area contributed by atoms with Crippen LogP contribution in [0.3, 0.4) is 0 Å². The highest BCUT2D eigenvalue weighted by Crippen LogP contribution is 2.11. The van der Waals surface area contributed by atoms with Crippen LogP contribution in [0.25, 0.3) is 0 Å². The number of hydrogen-bond donors (Lipinski definition) is 3. The molecule has 1 aliphatic rings. The summed E-state index contributed by atoms with van der Waals surface area (Å²) in [6.45, 7) is 9.92. The Morgan fingerprint density at radius 3 is 2.45 bits per heavy atom. The molecule has 7 heteroatoms. The van der Waals surface area contributed by atoms with Gasteiger partial charge in [-0.05, 0) is 44.8 Å². The molecule has 1 aliphatic heterocycles. The van der Waals surface area contributed by atoms with Gasteiger partial charge in [0, 0.05) is 12.6 Å². The van der Waals surface area contributed by atoms with E-state index in [2.05, 4.69) is 27.8 Å². The Morgan fingerprint density at radius 2 is 1.91 bits per heavy atom. The van der Waals surface area contributed by atoms with Gasteiger partial charge in [-0.2, -0.15) is 0 Å². The van der Waals surface area contributed by atoms with Gasteiger partial charge < -0.3 is 10.6 Å². The minimum atomic E-state index is -0.393. The summed E-state index contributed by atoms with van der Waals surface area (Å²) < 4.78 is 0. The van der Waals surface area contributed by atoms with E-state index in [0.29, 0.717) is 25.0 Å². The summed E-state index contributed by atoms with van der Waals surface area (Å²) in [5.41, 5.74) is 0. The Kier molecular flexibility index (Phi) is 11.2. The van der Waals surface area contributed by atoms with E-state index < -0.39 is 6.03 Å². The molecule has 0 radical (unpaired) electrons. The van der Waals surface area contributed by atoms with Crippen molar-refractivity contribution in [1.82, 2.24) is 20.9 Å². The lowest BCUT2D eigenvalue weighted by atomic mass is 10.0. The van der Waals surface area contributed by atoms with Gasteiger partial charge in [-0.15, -0.1) is 12.4 Å². The maximum atomic E-state index is 12.0. The minimum absolute atomic E-state index is 0. The zero-order valence-electron chi connectivity index (χ0n) is 14.0. The molecule has 0 bridgehead atoms. The fourth-order valence-corrected chi connectivity index (χ4v) is 2.54. The maximum Gasteiger partial charge on any atom is 0.321 e. The van der Waals surface area contributed by atoms with Gasteiger partial charge in [0.05, 0.1) is 6.54 Å². The van der Waals surface area contributed by atoms with Crippen molar-refractivity contribution in [3.63, 3.8) is 0 Å². The van der Waals surface area contributed by atoms with Gasteiger partial charge in [0.1, 0.15) is 0 Å². The highest BCUT2D eigenvalue weighted by atomic mass is 35.5. The number of piperidine rings is 1. The van der Waals surface area contributed by atoms with Crippen molar-refractivity contribution in [3.8, 4) is 0 Å². The standard InChI is InChI=1S/C15H30N4O2.ClH/c1-4-9-19(13-5-7-16-8-6-13)11-14(20)18-15(21)17-10-12(2)3;/h12-13,16H,4-11H2,1-3H3,(H2,17,18,20,21);1H. The molecule has 3 N–H and O–H groups in total. The van der Waals surface area contributed by atoms with E-state index in [1.165, 1.54) is 0 Å². The highest BCUT2D eigenvalue weighted by Gasteiger charge is 2.22. The largest absolute Gasteiger partial charge is 0.338 e. The zero-order valence-corrected chi connectivity index (χ0v) is 14.8. The lowest BCUT2D eigenvalue weighted by Crippen LogP contribution is -2.50. The molecule has 1 saturated heterocycles. The molecule has 0 spiro atoms. The van der Waals surface area contributed by atoms with Crippen molar-refractivity contribution in [3.05, 3.63) is 0 Å². The fraction of sp³-hybridized carbons (Fsp3) is 0.867. The van der Waals surface area contributed by atoms with Gasteiger partial charge in [0.25, 0.3) is 0 Å². The quantitative estimate of drug-likeness (QED) is 0.657. The summed E-state index contributed by atoms with van der Waals surface area (Å²) >= 11 is 0. The first kappa shape index (κ1) is 21.1. The van der Waals surface area contributed by atoms with E-state index in [1.807, 2.05) is 13.8 Å². The van der Waals surface area contributed by atoms with Gasteiger partial charge in [0.15, 0.2) is 0 Å². The van der Waals surface area contributed by atoms with Crippen LogP contribution in [0, 0.1) is 5.92 Å². The predicted molar refractivity (Wildman–Crippen MR) is 91.4 cm³/mol. The summed E-state index contributed by atoms with van der Waals surface area (Å²) in [7, 11) is 0. The first-order valence-corrected chi connectivity index (χ1v) is 8.05. The van der Waals surface area contributed by atoms with E-state index in [4.69, 9.17) is 0 Å². The van der Waals surface area contributed by atoms with Crippen LogP contribution in [0.4, 0.5) is 4.79 Å². The fourth-order valence-electron chi connectivity index (χ4n) is 2.54. The van der Waals surface area contributed by atoms with E-state index in [1.54, 1.807) is 0 Å². The van der Waals surface area contributed by atoms with Crippen LogP contribution in [0.15, 0.2) is 0 Å². The second-order valence-electron chi connectivity index (χ2n) is 6.10. The van der Waals surface area contributed by atoms with Crippen LogP contribution >= 0.6 is 12.4 Å². The molecule has 1 rings (SSSR count). The average molecular weight is 335 g/mol. The van der Waals surface area contributed by atoms with Crippen LogP contribution < -0.4 is 16.0 Å². The minimum Gasteiger partial charge on any atom is -0.338 e. The van der Waals surface area contributed by atoms with Crippen LogP contribution in [-0.4, -0.2) is 55.6 Å².